The number of nitrogens with zero attached hydrogens (tertiary/aromatic N) is 2. The van der Waals surface area contributed by atoms with E-state index in [1.807, 2.05) is 11.8 Å². The predicted molar refractivity (Wildman–Crippen MR) is 65.6 cm³/mol. The van der Waals surface area contributed by atoms with Crippen LogP contribution in [0.25, 0.3) is 0 Å². The van der Waals surface area contributed by atoms with Gasteiger partial charge in [0, 0.05) is 12.6 Å². The van der Waals surface area contributed by atoms with Gasteiger partial charge in [0.2, 0.25) is 5.91 Å². The molecule has 5 heteroatoms. The normalized spacial score (nSPS) is 15.8. The number of nitrogens with one attached hydrogen (secondary N) is 1. The molecule has 0 saturated heterocycles. The van der Waals surface area contributed by atoms with Crippen molar-refractivity contribution in [3.05, 3.63) is 23.8 Å². The summed E-state index contributed by atoms with van der Waals surface area (Å²) in [5.41, 5.74) is 7.81. The van der Waals surface area contributed by atoms with E-state index in [1.54, 1.807) is 18.2 Å². The molecule has 2 rings (SSSR count). The topological polar surface area (TPSA) is 82.2 Å². The first-order valence-corrected chi connectivity index (χ1v) is 5.46. The first-order chi connectivity index (χ1) is 8.15. The average Bonchev–Trinajstić information content (AvgIpc) is 2.36. The zero-order valence-corrected chi connectivity index (χ0v) is 9.60. The summed E-state index contributed by atoms with van der Waals surface area (Å²) in [6, 6.07) is 7.38. The summed E-state index contributed by atoms with van der Waals surface area (Å²) in [4.78, 5) is 13.5. The second-order valence-corrected chi connectivity index (χ2v) is 4.10. The number of fused-ring (bicyclic) bond motifs is 1. The van der Waals surface area contributed by atoms with Gasteiger partial charge in [-0.3, -0.25) is 4.79 Å². The molecule has 0 aliphatic carbocycles. The van der Waals surface area contributed by atoms with Crippen molar-refractivity contribution in [1.29, 1.82) is 5.26 Å². The first kappa shape index (κ1) is 11.4. The summed E-state index contributed by atoms with van der Waals surface area (Å²) in [5, 5.41) is 11.7. The van der Waals surface area contributed by atoms with E-state index in [1.165, 1.54) is 0 Å². The van der Waals surface area contributed by atoms with Crippen LogP contribution in [0.1, 0.15) is 12.5 Å². The van der Waals surface area contributed by atoms with Crippen LogP contribution >= 0.6 is 0 Å². The molecule has 0 saturated carbocycles. The fourth-order valence-electron chi connectivity index (χ4n) is 1.89. The zero-order chi connectivity index (χ0) is 12.4. The second kappa shape index (κ2) is 4.44. The Labute approximate surface area is 99.8 Å². The molecule has 3 N–H and O–H groups in total. The minimum Gasteiger partial charge on any atom is -0.357 e. The summed E-state index contributed by atoms with van der Waals surface area (Å²) >= 11 is 0. The Balaban J connectivity index is 2.46. The SMILES string of the molecule is CC(CN)N1CC(=O)Nc2ccc(C#N)cc21. The molecule has 0 fully saturated rings. The van der Waals surface area contributed by atoms with Crippen molar-refractivity contribution in [3.8, 4) is 6.07 Å². The van der Waals surface area contributed by atoms with Crippen LogP contribution < -0.4 is 16.0 Å². The number of nitrogens with two attached hydrogens (primary N) is 1. The Morgan fingerprint density at radius 3 is 3.06 bits per heavy atom. The van der Waals surface area contributed by atoms with E-state index in [-0.39, 0.29) is 18.5 Å². The molecule has 1 unspecified atom stereocenters. The molecule has 0 radical (unpaired) electrons. The molecule has 17 heavy (non-hydrogen) atoms. The van der Waals surface area contributed by atoms with Crippen LogP contribution in [-0.4, -0.2) is 25.0 Å². The van der Waals surface area contributed by atoms with E-state index in [0.29, 0.717) is 12.1 Å². The third-order valence-electron chi connectivity index (χ3n) is 2.90. The second-order valence-electron chi connectivity index (χ2n) is 4.10. The first-order valence-electron chi connectivity index (χ1n) is 5.46. The molecular weight excluding hydrogens is 216 g/mol. The molecule has 1 aromatic carbocycles. The smallest absolute Gasteiger partial charge is 0.243 e. The van der Waals surface area contributed by atoms with Crippen molar-refractivity contribution >= 4 is 17.3 Å². The van der Waals surface area contributed by atoms with Gasteiger partial charge in [0.15, 0.2) is 0 Å². The van der Waals surface area contributed by atoms with Crippen LogP contribution in [0, 0.1) is 11.3 Å². The molecular formula is C12H14N4O. The van der Waals surface area contributed by atoms with E-state index in [2.05, 4.69) is 11.4 Å². The Morgan fingerprint density at radius 1 is 1.65 bits per heavy atom. The van der Waals surface area contributed by atoms with E-state index in [4.69, 9.17) is 11.0 Å². The van der Waals surface area contributed by atoms with Gasteiger partial charge in [0.05, 0.1) is 29.6 Å². The molecule has 0 aromatic heterocycles. The lowest BCUT2D eigenvalue weighted by Gasteiger charge is -2.35. The standard InChI is InChI=1S/C12H14N4O/c1-8(5-13)16-7-12(17)15-10-3-2-9(6-14)4-11(10)16/h2-4,8H,5,7,13H2,1H3,(H,15,17). The highest BCUT2D eigenvalue weighted by Crippen LogP contribution is 2.31. The van der Waals surface area contributed by atoms with Crippen molar-refractivity contribution in [1.82, 2.24) is 0 Å². The number of amides is 1. The molecule has 1 atom stereocenters. The minimum absolute atomic E-state index is 0.0532. The van der Waals surface area contributed by atoms with Crippen LogP contribution in [0.5, 0.6) is 0 Å². The van der Waals surface area contributed by atoms with Gasteiger partial charge in [-0.25, -0.2) is 0 Å². The van der Waals surface area contributed by atoms with Gasteiger partial charge in [-0.15, -0.1) is 0 Å². The Morgan fingerprint density at radius 2 is 2.41 bits per heavy atom. The number of hydrogen-bond acceptors (Lipinski definition) is 4. The van der Waals surface area contributed by atoms with Crippen LogP contribution in [0.2, 0.25) is 0 Å². The van der Waals surface area contributed by atoms with Gasteiger partial charge in [-0.1, -0.05) is 0 Å². The van der Waals surface area contributed by atoms with Crippen molar-refractivity contribution in [2.24, 2.45) is 5.73 Å². The largest absolute Gasteiger partial charge is 0.357 e. The quantitative estimate of drug-likeness (QED) is 0.782. The number of anilines is 2. The third kappa shape index (κ3) is 2.08. The van der Waals surface area contributed by atoms with E-state index in [9.17, 15) is 4.79 Å². The number of nitriles is 1. The van der Waals surface area contributed by atoms with Crippen molar-refractivity contribution < 1.29 is 4.79 Å². The molecule has 1 aliphatic rings. The number of hydrogen-bond donors (Lipinski definition) is 2. The lowest BCUT2D eigenvalue weighted by molar-refractivity contribution is -0.115. The van der Waals surface area contributed by atoms with Crippen molar-refractivity contribution in [2.75, 3.05) is 23.3 Å². The maximum absolute atomic E-state index is 11.6. The van der Waals surface area contributed by atoms with E-state index >= 15 is 0 Å². The van der Waals surface area contributed by atoms with Crippen molar-refractivity contribution in [2.45, 2.75) is 13.0 Å². The minimum atomic E-state index is -0.0532. The molecule has 88 valence electrons. The summed E-state index contributed by atoms with van der Waals surface area (Å²) in [7, 11) is 0. The lowest BCUT2D eigenvalue weighted by Crippen LogP contribution is -2.46. The maximum Gasteiger partial charge on any atom is 0.243 e. The van der Waals surface area contributed by atoms with E-state index < -0.39 is 0 Å². The van der Waals surface area contributed by atoms with Crippen LogP contribution in [0.4, 0.5) is 11.4 Å². The average molecular weight is 230 g/mol. The van der Waals surface area contributed by atoms with Crippen LogP contribution in [0.15, 0.2) is 18.2 Å². The van der Waals surface area contributed by atoms with Gasteiger partial charge in [0.1, 0.15) is 0 Å². The highest BCUT2D eigenvalue weighted by molar-refractivity contribution is 6.01. The van der Waals surface area contributed by atoms with Gasteiger partial charge >= 0.3 is 0 Å². The van der Waals surface area contributed by atoms with E-state index in [0.717, 1.165) is 11.4 Å². The zero-order valence-electron chi connectivity index (χ0n) is 9.60. The fraction of sp³-hybridized carbons (Fsp3) is 0.333. The maximum atomic E-state index is 11.6. The molecule has 0 spiro atoms. The lowest BCUT2D eigenvalue weighted by atomic mass is 10.1. The van der Waals surface area contributed by atoms with Gasteiger partial charge in [0.25, 0.3) is 0 Å². The Hall–Kier alpha value is -2.06. The molecule has 1 aliphatic heterocycles. The predicted octanol–water partition coefficient (Wildman–Crippen LogP) is 0.664. The van der Waals surface area contributed by atoms with Gasteiger partial charge in [-0.2, -0.15) is 5.26 Å². The monoisotopic (exact) mass is 230 g/mol. The van der Waals surface area contributed by atoms with Crippen molar-refractivity contribution in [3.63, 3.8) is 0 Å². The van der Waals surface area contributed by atoms with Gasteiger partial charge < -0.3 is 16.0 Å². The number of rotatable bonds is 2. The summed E-state index contributed by atoms with van der Waals surface area (Å²) in [6.07, 6.45) is 0. The highest BCUT2D eigenvalue weighted by atomic mass is 16.2. The van der Waals surface area contributed by atoms with Crippen LogP contribution in [0.3, 0.4) is 0 Å². The summed E-state index contributed by atoms with van der Waals surface area (Å²) in [6.45, 7) is 2.70. The molecule has 0 bridgehead atoms. The Bertz CT molecular complexity index is 492. The van der Waals surface area contributed by atoms with Gasteiger partial charge in [-0.05, 0) is 25.1 Å². The fourth-order valence-corrected chi connectivity index (χ4v) is 1.89. The molecule has 1 aromatic rings. The van der Waals surface area contributed by atoms with Crippen LogP contribution in [-0.2, 0) is 4.79 Å². The molecule has 1 heterocycles. The highest BCUT2D eigenvalue weighted by Gasteiger charge is 2.25. The summed E-state index contributed by atoms with van der Waals surface area (Å²) in [5.74, 6) is -0.0532. The number of carbonyl (C=O) groups excluding carboxylic acids is 1. The number of benzene rings is 1. The number of carbonyl (C=O) groups is 1. The summed E-state index contributed by atoms with van der Waals surface area (Å²) < 4.78 is 0. The third-order valence-corrected chi connectivity index (χ3v) is 2.90. The Kier molecular flexibility index (Phi) is 2.98. The molecule has 1 amide bonds. The molecule has 5 nitrogen and oxygen atoms in total.